The zero-order chi connectivity index (χ0) is 22.6. The van der Waals surface area contributed by atoms with Crippen molar-refractivity contribution in [2.24, 2.45) is 10.7 Å². The first-order chi connectivity index (χ1) is 14.7. The number of rotatable bonds is 3. The monoisotopic (exact) mass is 448 g/mol. The van der Waals surface area contributed by atoms with Gasteiger partial charge in [0.05, 0.1) is 18.0 Å². The van der Waals surface area contributed by atoms with Crippen LogP contribution in [0.3, 0.4) is 0 Å². The number of hydrogen-bond donors (Lipinski definition) is 2. The van der Waals surface area contributed by atoms with Crippen molar-refractivity contribution < 1.29 is 27.8 Å². The van der Waals surface area contributed by atoms with Crippen molar-refractivity contribution in [2.75, 3.05) is 7.11 Å². The quantitative estimate of drug-likeness (QED) is 0.587. The lowest BCUT2D eigenvalue weighted by molar-refractivity contribution is -0.192. The van der Waals surface area contributed by atoms with Crippen molar-refractivity contribution in [1.29, 1.82) is 0 Å². The maximum atomic E-state index is 10.6. The molecular weight excluding hydrogens is 429 g/mol. The van der Waals surface area contributed by atoms with E-state index in [0.717, 1.165) is 28.2 Å². The normalized spacial score (nSPS) is 15.2. The number of alkyl halides is 3. The molecular formula is C22H19F3N2O3S. The second kappa shape index (κ2) is 9.22. The predicted molar refractivity (Wildman–Crippen MR) is 114 cm³/mol. The maximum absolute atomic E-state index is 10.6. The van der Waals surface area contributed by atoms with E-state index in [-0.39, 0.29) is 6.04 Å². The van der Waals surface area contributed by atoms with Crippen molar-refractivity contribution in [3.8, 4) is 16.9 Å². The molecule has 0 bridgehead atoms. The molecule has 0 amide bonds. The van der Waals surface area contributed by atoms with Gasteiger partial charge in [-0.25, -0.2) is 4.79 Å². The minimum absolute atomic E-state index is 0.0812. The van der Waals surface area contributed by atoms with Crippen LogP contribution in [0.2, 0.25) is 0 Å². The fourth-order valence-corrected chi connectivity index (χ4v) is 3.97. The number of nitrogens with two attached hydrogens (primary N) is 1. The molecule has 5 nitrogen and oxygen atoms in total. The third kappa shape index (κ3) is 5.43. The summed E-state index contributed by atoms with van der Waals surface area (Å²) in [5.41, 5.74) is 10.9. The number of fused-ring (bicyclic) bond motifs is 1. The standard InChI is InChI=1S/C20H18N2OS.C2HF3O2/c1-23-17-7-3-5-14(11-17)13-4-2-6-15(10-13)18-12-16-8-9-24-19(16)20(21)22-18;3-2(4,5)1(6)7/h2-11,18H,12H2,1H3,(H2,21,22);(H,6,7). The van der Waals surface area contributed by atoms with Gasteiger partial charge in [-0.3, -0.25) is 4.99 Å². The van der Waals surface area contributed by atoms with Gasteiger partial charge in [-0.05, 0) is 51.9 Å². The van der Waals surface area contributed by atoms with Crippen LogP contribution in [0, 0.1) is 0 Å². The van der Waals surface area contributed by atoms with E-state index in [1.165, 1.54) is 11.1 Å². The molecule has 3 aromatic rings. The second-order valence-corrected chi connectivity index (χ2v) is 7.59. The number of nitrogens with zero attached hydrogens (tertiary/aromatic N) is 1. The lowest BCUT2D eigenvalue weighted by Gasteiger charge is -2.20. The SMILES string of the molecule is COc1cccc(-c2cccc(C3Cc4ccsc4C(N)=N3)c2)c1.O=C(O)C(F)(F)F. The molecule has 0 spiro atoms. The van der Waals surface area contributed by atoms with Crippen molar-refractivity contribution in [1.82, 2.24) is 0 Å². The van der Waals surface area contributed by atoms with Crippen molar-refractivity contribution in [3.05, 3.63) is 76.0 Å². The van der Waals surface area contributed by atoms with Crippen LogP contribution in [0.5, 0.6) is 5.75 Å². The Balaban J connectivity index is 0.000000339. The van der Waals surface area contributed by atoms with E-state index >= 15 is 0 Å². The molecule has 1 atom stereocenters. The van der Waals surface area contributed by atoms with Crippen LogP contribution in [-0.4, -0.2) is 30.2 Å². The third-order valence-electron chi connectivity index (χ3n) is 4.60. The fourth-order valence-electron chi connectivity index (χ4n) is 3.12. The largest absolute Gasteiger partial charge is 0.497 e. The summed E-state index contributed by atoms with van der Waals surface area (Å²) in [4.78, 5) is 14.7. The van der Waals surface area contributed by atoms with Gasteiger partial charge in [-0.2, -0.15) is 13.2 Å². The fraction of sp³-hybridized carbons (Fsp3) is 0.182. The van der Waals surface area contributed by atoms with Gasteiger partial charge in [0.2, 0.25) is 0 Å². The van der Waals surface area contributed by atoms with Gasteiger partial charge in [0, 0.05) is 6.42 Å². The molecule has 9 heteroatoms. The zero-order valence-corrected chi connectivity index (χ0v) is 17.2. The number of aliphatic imine (C=N–C) groups is 1. The van der Waals surface area contributed by atoms with Gasteiger partial charge in [0.25, 0.3) is 0 Å². The molecule has 4 rings (SSSR count). The number of halogens is 3. The maximum Gasteiger partial charge on any atom is 0.490 e. The van der Waals surface area contributed by atoms with Crippen LogP contribution in [0.1, 0.15) is 22.0 Å². The summed E-state index contributed by atoms with van der Waals surface area (Å²) >= 11 is 1.67. The number of benzene rings is 2. The van der Waals surface area contributed by atoms with E-state index in [9.17, 15) is 13.2 Å². The third-order valence-corrected chi connectivity index (χ3v) is 5.58. The summed E-state index contributed by atoms with van der Waals surface area (Å²) < 4.78 is 37.1. The lowest BCUT2D eigenvalue weighted by atomic mass is 9.94. The van der Waals surface area contributed by atoms with Crippen LogP contribution in [0.25, 0.3) is 11.1 Å². The number of aliphatic carboxylic acids is 1. The van der Waals surface area contributed by atoms with Crippen LogP contribution in [0.15, 0.2) is 65.0 Å². The highest BCUT2D eigenvalue weighted by molar-refractivity contribution is 7.12. The van der Waals surface area contributed by atoms with Crippen LogP contribution >= 0.6 is 11.3 Å². The molecule has 31 heavy (non-hydrogen) atoms. The van der Waals surface area contributed by atoms with Crippen LogP contribution in [-0.2, 0) is 11.2 Å². The molecule has 1 aliphatic heterocycles. The molecule has 3 N–H and O–H groups in total. The number of carboxylic acids is 1. The number of amidine groups is 1. The molecule has 1 aromatic heterocycles. The Morgan fingerprint density at radius 2 is 1.81 bits per heavy atom. The highest BCUT2D eigenvalue weighted by Gasteiger charge is 2.38. The first kappa shape index (κ1) is 22.4. The number of hydrogen-bond acceptors (Lipinski definition) is 5. The molecule has 0 radical (unpaired) electrons. The van der Waals surface area contributed by atoms with Gasteiger partial charge in [-0.15, -0.1) is 11.3 Å². The Morgan fingerprint density at radius 1 is 1.16 bits per heavy atom. The molecule has 1 aliphatic rings. The summed E-state index contributed by atoms with van der Waals surface area (Å²) in [5, 5.41) is 9.21. The number of ether oxygens (including phenoxy) is 1. The second-order valence-electron chi connectivity index (χ2n) is 6.67. The van der Waals surface area contributed by atoms with Crippen LogP contribution < -0.4 is 10.5 Å². The van der Waals surface area contributed by atoms with Crippen molar-refractivity contribution in [3.63, 3.8) is 0 Å². The number of carboxylic acid groups (broad SMARTS) is 1. The Morgan fingerprint density at radius 3 is 2.45 bits per heavy atom. The average Bonchev–Trinajstić information content (AvgIpc) is 3.23. The molecule has 0 saturated carbocycles. The predicted octanol–water partition coefficient (Wildman–Crippen LogP) is 5.06. The summed E-state index contributed by atoms with van der Waals surface area (Å²) in [6.45, 7) is 0. The summed E-state index contributed by atoms with van der Waals surface area (Å²) in [7, 11) is 1.69. The van der Waals surface area contributed by atoms with E-state index in [1.807, 2.05) is 12.1 Å². The molecule has 2 heterocycles. The van der Waals surface area contributed by atoms with Gasteiger partial charge in [-0.1, -0.05) is 30.3 Å². The Labute approximate surface area is 180 Å². The van der Waals surface area contributed by atoms with Gasteiger partial charge in [0.15, 0.2) is 0 Å². The first-order valence-electron chi connectivity index (χ1n) is 9.13. The molecule has 1 unspecified atom stereocenters. The van der Waals surface area contributed by atoms with Gasteiger partial charge in [0.1, 0.15) is 11.6 Å². The molecule has 0 aliphatic carbocycles. The number of thiophene rings is 1. The van der Waals surface area contributed by atoms with Gasteiger partial charge < -0.3 is 15.6 Å². The molecule has 0 fully saturated rings. The van der Waals surface area contributed by atoms with Gasteiger partial charge >= 0.3 is 12.1 Å². The number of methoxy groups -OCH3 is 1. The Hall–Kier alpha value is -3.33. The molecule has 2 aromatic carbocycles. The van der Waals surface area contributed by atoms with E-state index in [0.29, 0.717) is 5.84 Å². The molecule has 0 saturated heterocycles. The van der Waals surface area contributed by atoms with Crippen LogP contribution in [0.4, 0.5) is 13.2 Å². The minimum atomic E-state index is -5.08. The topological polar surface area (TPSA) is 84.9 Å². The zero-order valence-electron chi connectivity index (χ0n) is 16.4. The minimum Gasteiger partial charge on any atom is -0.497 e. The van der Waals surface area contributed by atoms with E-state index < -0.39 is 12.1 Å². The highest BCUT2D eigenvalue weighted by atomic mass is 32.1. The highest BCUT2D eigenvalue weighted by Crippen LogP contribution is 2.33. The summed E-state index contributed by atoms with van der Waals surface area (Å²) in [6.07, 6.45) is -4.18. The average molecular weight is 448 g/mol. The van der Waals surface area contributed by atoms with Crippen molar-refractivity contribution >= 4 is 23.1 Å². The smallest absolute Gasteiger partial charge is 0.490 e. The summed E-state index contributed by atoms with van der Waals surface area (Å²) in [6, 6.07) is 18.9. The molecule has 162 valence electrons. The van der Waals surface area contributed by atoms with E-state index in [4.69, 9.17) is 25.4 Å². The summed E-state index contributed by atoms with van der Waals surface area (Å²) in [5.74, 6) is -1.24. The first-order valence-corrected chi connectivity index (χ1v) is 10.0. The Bertz CT molecular complexity index is 1110. The Kier molecular flexibility index (Phi) is 6.65. The van der Waals surface area contributed by atoms with Crippen molar-refractivity contribution in [2.45, 2.75) is 18.6 Å². The lowest BCUT2D eigenvalue weighted by Crippen LogP contribution is -2.21. The number of carbonyl (C=O) groups is 1. The van der Waals surface area contributed by atoms with E-state index in [2.05, 4.69) is 47.8 Å². The van der Waals surface area contributed by atoms with E-state index in [1.54, 1.807) is 18.4 Å².